The predicted octanol–water partition coefficient (Wildman–Crippen LogP) is 4.57. The first-order chi connectivity index (χ1) is 11.7. The number of carbonyl (C=O) groups excluding carboxylic acids is 1. The normalized spacial score (nSPS) is 12.9. The van der Waals surface area contributed by atoms with Crippen LogP contribution in [-0.2, 0) is 5.41 Å². The molecule has 0 radical (unpaired) electrons. The lowest BCUT2D eigenvalue weighted by Gasteiger charge is -2.19. The fourth-order valence-electron chi connectivity index (χ4n) is 2.63. The standard InChI is InChI=1S/C22H29NO2/c1-15(2)16-6-8-17(9-7-16)20(24)14-23-21(25)18-10-12-19(13-11-18)22(3,4)5/h6-13,15,20,24H,14H2,1-5H3,(H,23,25). The fourth-order valence-corrected chi connectivity index (χ4v) is 2.63. The predicted molar refractivity (Wildman–Crippen MR) is 103 cm³/mol. The van der Waals surface area contributed by atoms with Crippen LogP contribution in [0.15, 0.2) is 48.5 Å². The van der Waals surface area contributed by atoms with E-state index in [1.165, 1.54) is 11.1 Å². The van der Waals surface area contributed by atoms with Gasteiger partial charge in [0.05, 0.1) is 6.10 Å². The Kier molecular flexibility index (Phi) is 6.02. The van der Waals surface area contributed by atoms with Crippen molar-refractivity contribution < 1.29 is 9.90 Å². The van der Waals surface area contributed by atoms with E-state index in [-0.39, 0.29) is 17.9 Å². The van der Waals surface area contributed by atoms with Crippen molar-refractivity contribution in [3.8, 4) is 0 Å². The van der Waals surface area contributed by atoms with E-state index >= 15 is 0 Å². The molecule has 3 heteroatoms. The number of aliphatic hydroxyl groups is 1. The Morgan fingerprint density at radius 3 is 1.96 bits per heavy atom. The molecule has 0 aliphatic heterocycles. The summed E-state index contributed by atoms with van der Waals surface area (Å²) < 4.78 is 0. The molecule has 2 rings (SSSR count). The van der Waals surface area contributed by atoms with Gasteiger partial charge < -0.3 is 10.4 Å². The first-order valence-electron chi connectivity index (χ1n) is 8.85. The summed E-state index contributed by atoms with van der Waals surface area (Å²) in [6.07, 6.45) is -0.709. The number of rotatable bonds is 5. The summed E-state index contributed by atoms with van der Waals surface area (Å²) in [7, 11) is 0. The second kappa shape index (κ2) is 7.83. The van der Waals surface area contributed by atoms with Crippen molar-refractivity contribution in [2.45, 2.75) is 52.1 Å². The van der Waals surface area contributed by atoms with E-state index in [2.05, 4.69) is 39.9 Å². The molecule has 0 heterocycles. The summed E-state index contributed by atoms with van der Waals surface area (Å²) in [5, 5.41) is 13.1. The summed E-state index contributed by atoms with van der Waals surface area (Å²) in [4.78, 5) is 12.3. The molecule has 2 aromatic rings. The largest absolute Gasteiger partial charge is 0.387 e. The monoisotopic (exact) mass is 339 g/mol. The maximum absolute atomic E-state index is 12.3. The molecule has 0 aliphatic carbocycles. The Hall–Kier alpha value is -2.13. The lowest BCUT2D eigenvalue weighted by Crippen LogP contribution is -2.28. The highest BCUT2D eigenvalue weighted by atomic mass is 16.3. The molecule has 2 aromatic carbocycles. The molecule has 1 atom stereocenters. The molecule has 0 fully saturated rings. The molecular weight excluding hydrogens is 310 g/mol. The van der Waals surface area contributed by atoms with Crippen LogP contribution in [0.25, 0.3) is 0 Å². The minimum absolute atomic E-state index is 0.0628. The van der Waals surface area contributed by atoms with Crippen LogP contribution in [0.1, 0.15) is 73.7 Å². The molecule has 0 aliphatic rings. The summed E-state index contributed by atoms with van der Waals surface area (Å²) in [5.41, 5.74) is 3.91. The van der Waals surface area contributed by atoms with Crippen molar-refractivity contribution in [2.75, 3.05) is 6.54 Å². The van der Waals surface area contributed by atoms with Crippen LogP contribution in [0.3, 0.4) is 0 Å². The van der Waals surface area contributed by atoms with Crippen LogP contribution in [0.2, 0.25) is 0 Å². The molecule has 0 saturated carbocycles. The summed E-state index contributed by atoms with van der Waals surface area (Å²) in [5.74, 6) is 0.292. The van der Waals surface area contributed by atoms with Gasteiger partial charge in [0.1, 0.15) is 0 Å². The summed E-state index contributed by atoms with van der Waals surface area (Å²) in [6, 6.07) is 15.5. The zero-order valence-electron chi connectivity index (χ0n) is 15.8. The number of nitrogens with one attached hydrogen (secondary N) is 1. The van der Waals surface area contributed by atoms with Crippen molar-refractivity contribution in [3.05, 3.63) is 70.8 Å². The Balaban J connectivity index is 1.94. The number of hydrogen-bond donors (Lipinski definition) is 2. The molecule has 0 spiro atoms. The fraction of sp³-hybridized carbons (Fsp3) is 0.409. The minimum atomic E-state index is -0.709. The van der Waals surface area contributed by atoms with Gasteiger partial charge in [-0.25, -0.2) is 0 Å². The number of hydrogen-bond acceptors (Lipinski definition) is 2. The Labute approximate surface area is 151 Å². The molecule has 1 unspecified atom stereocenters. The van der Waals surface area contributed by atoms with Crippen LogP contribution in [0.5, 0.6) is 0 Å². The van der Waals surface area contributed by atoms with Gasteiger partial charge in [-0.2, -0.15) is 0 Å². The molecule has 2 N–H and O–H groups in total. The number of aliphatic hydroxyl groups excluding tert-OH is 1. The average molecular weight is 339 g/mol. The zero-order chi connectivity index (χ0) is 18.6. The molecule has 1 amide bonds. The van der Waals surface area contributed by atoms with Crippen LogP contribution < -0.4 is 5.32 Å². The first-order valence-corrected chi connectivity index (χ1v) is 8.85. The summed E-state index contributed by atoms with van der Waals surface area (Å²) >= 11 is 0. The van der Waals surface area contributed by atoms with E-state index in [1.54, 1.807) is 0 Å². The SMILES string of the molecule is CC(C)c1ccc(C(O)CNC(=O)c2ccc(C(C)(C)C)cc2)cc1. The van der Waals surface area contributed by atoms with Gasteiger partial charge in [0.2, 0.25) is 0 Å². The molecular formula is C22H29NO2. The van der Waals surface area contributed by atoms with Gasteiger partial charge in [0.15, 0.2) is 0 Å². The highest BCUT2D eigenvalue weighted by Crippen LogP contribution is 2.22. The van der Waals surface area contributed by atoms with Crippen molar-refractivity contribution in [3.63, 3.8) is 0 Å². The van der Waals surface area contributed by atoms with E-state index in [0.717, 1.165) is 5.56 Å². The average Bonchev–Trinajstić information content (AvgIpc) is 2.58. The third-order valence-electron chi connectivity index (χ3n) is 4.46. The van der Waals surface area contributed by atoms with Crippen molar-refractivity contribution in [2.24, 2.45) is 0 Å². The van der Waals surface area contributed by atoms with Gasteiger partial charge in [-0.3, -0.25) is 4.79 Å². The number of carbonyl (C=O) groups is 1. The second-order valence-corrected chi connectivity index (χ2v) is 7.87. The third kappa shape index (κ3) is 5.17. The third-order valence-corrected chi connectivity index (χ3v) is 4.46. The van der Waals surface area contributed by atoms with E-state index in [0.29, 0.717) is 11.5 Å². The summed E-state index contributed by atoms with van der Waals surface area (Å²) in [6.45, 7) is 10.9. The molecule has 0 saturated heterocycles. The van der Waals surface area contributed by atoms with E-state index in [1.807, 2.05) is 48.5 Å². The first kappa shape index (κ1) is 19.2. The maximum Gasteiger partial charge on any atom is 0.251 e. The van der Waals surface area contributed by atoms with Crippen molar-refractivity contribution in [1.82, 2.24) is 5.32 Å². The van der Waals surface area contributed by atoms with Crippen LogP contribution in [0, 0.1) is 0 Å². The molecule has 0 bridgehead atoms. The van der Waals surface area contributed by atoms with Gasteiger partial charge in [0.25, 0.3) is 5.91 Å². The van der Waals surface area contributed by atoms with Crippen LogP contribution >= 0.6 is 0 Å². The van der Waals surface area contributed by atoms with Gasteiger partial charge in [-0.05, 0) is 40.2 Å². The Morgan fingerprint density at radius 1 is 0.960 bits per heavy atom. The van der Waals surface area contributed by atoms with E-state index < -0.39 is 6.10 Å². The second-order valence-electron chi connectivity index (χ2n) is 7.87. The van der Waals surface area contributed by atoms with Crippen molar-refractivity contribution in [1.29, 1.82) is 0 Å². The molecule has 0 aromatic heterocycles. The quantitative estimate of drug-likeness (QED) is 0.838. The van der Waals surface area contributed by atoms with Crippen LogP contribution in [-0.4, -0.2) is 17.6 Å². The molecule has 3 nitrogen and oxygen atoms in total. The number of benzene rings is 2. The maximum atomic E-state index is 12.3. The van der Waals surface area contributed by atoms with Crippen LogP contribution in [0.4, 0.5) is 0 Å². The van der Waals surface area contributed by atoms with Crippen molar-refractivity contribution >= 4 is 5.91 Å². The molecule has 134 valence electrons. The Morgan fingerprint density at radius 2 is 1.48 bits per heavy atom. The van der Waals surface area contributed by atoms with Gasteiger partial charge in [-0.1, -0.05) is 71.0 Å². The lowest BCUT2D eigenvalue weighted by molar-refractivity contribution is 0.0916. The lowest BCUT2D eigenvalue weighted by atomic mass is 9.87. The number of amides is 1. The smallest absolute Gasteiger partial charge is 0.251 e. The Bertz CT molecular complexity index is 694. The van der Waals surface area contributed by atoms with E-state index in [9.17, 15) is 9.90 Å². The van der Waals surface area contributed by atoms with Gasteiger partial charge in [-0.15, -0.1) is 0 Å². The topological polar surface area (TPSA) is 49.3 Å². The van der Waals surface area contributed by atoms with E-state index in [4.69, 9.17) is 0 Å². The highest BCUT2D eigenvalue weighted by Gasteiger charge is 2.15. The minimum Gasteiger partial charge on any atom is -0.387 e. The highest BCUT2D eigenvalue weighted by molar-refractivity contribution is 5.94. The van der Waals surface area contributed by atoms with Gasteiger partial charge in [0, 0.05) is 12.1 Å². The molecule has 25 heavy (non-hydrogen) atoms. The van der Waals surface area contributed by atoms with Gasteiger partial charge >= 0.3 is 0 Å². The zero-order valence-corrected chi connectivity index (χ0v) is 15.8.